The van der Waals surface area contributed by atoms with Gasteiger partial charge in [0.05, 0.1) is 0 Å². The number of esters is 1. The Morgan fingerprint density at radius 3 is 2.08 bits per heavy atom. The average molecular weight is 350 g/mol. The monoisotopic (exact) mass is 350 g/mol. The quantitative estimate of drug-likeness (QED) is 0.322. The van der Waals surface area contributed by atoms with Crippen LogP contribution in [0, 0.1) is 0 Å². The number of para-hydroxylation sites is 1. The van der Waals surface area contributed by atoms with Gasteiger partial charge in [-0.15, -0.1) is 0 Å². The minimum atomic E-state index is -1.05. The number of hydrogen-bond acceptors (Lipinski definition) is 6. The Kier molecular flexibility index (Phi) is 8.58. The summed E-state index contributed by atoms with van der Waals surface area (Å²) in [5.74, 6) is 0.00333. The van der Waals surface area contributed by atoms with E-state index in [0.717, 1.165) is 17.5 Å². The van der Waals surface area contributed by atoms with Crippen molar-refractivity contribution in [3.63, 3.8) is 0 Å². The van der Waals surface area contributed by atoms with Crippen LogP contribution in [0.5, 0.6) is 5.75 Å². The third-order valence-electron chi connectivity index (χ3n) is 3.96. The number of nitrogens with two attached hydrogens (primary N) is 2. The van der Waals surface area contributed by atoms with E-state index in [2.05, 4.69) is 0 Å². The molecule has 0 spiro atoms. The Labute approximate surface area is 149 Å². The zero-order valence-corrected chi connectivity index (χ0v) is 15.6. The van der Waals surface area contributed by atoms with Crippen LogP contribution in [0.3, 0.4) is 0 Å². The van der Waals surface area contributed by atoms with Crippen molar-refractivity contribution >= 4 is 12.1 Å². The summed E-state index contributed by atoms with van der Waals surface area (Å²) in [6.45, 7) is 8.58. The predicted octanol–water partition coefficient (Wildman–Crippen LogP) is 3.43. The van der Waals surface area contributed by atoms with Gasteiger partial charge in [0, 0.05) is 0 Å². The van der Waals surface area contributed by atoms with Crippen molar-refractivity contribution in [3.05, 3.63) is 29.3 Å². The van der Waals surface area contributed by atoms with Crippen LogP contribution in [0.4, 0.5) is 4.79 Å². The van der Waals surface area contributed by atoms with E-state index in [9.17, 15) is 9.59 Å². The molecule has 1 atom stereocenters. The molecule has 0 amide bonds. The maximum Gasteiger partial charge on any atom is 0.521 e. The lowest BCUT2D eigenvalue weighted by Crippen LogP contribution is -2.34. The standard InChI is InChI=1S/C19H30N2O4/c1-12(2)14-8-7-9-15(13(3)4)17(14)24-19(23)25-18(22)16(21)10-5-6-11-20/h7-9,12-13,16H,5-6,10-11,20-21H2,1-4H3/t16-/m0/s1. The molecule has 1 aromatic carbocycles. The average Bonchev–Trinajstić information content (AvgIpc) is 2.54. The second-order valence-corrected chi connectivity index (χ2v) is 6.74. The fraction of sp³-hybridized carbons (Fsp3) is 0.579. The number of hydrogen-bond donors (Lipinski definition) is 2. The van der Waals surface area contributed by atoms with E-state index in [1.54, 1.807) is 0 Å². The lowest BCUT2D eigenvalue weighted by atomic mass is 9.94. The van der Waals surface area contributed by atoms with Crippen molar-refractivity contribution in [2.75, 3.05) is 6.54 Å². The minimum Gasteiger partial charge on any atom is -0.394 e. The summed E-state index contributed by atoms with van der Waals surface area (Å²) in [4.78, 5) is 24.0. The summed E-state index contributed by atoms with van der Waals surface area (Å²) in [5.41, 5.74) is 12.9. The molecule has 0 aromatic heterocycles. The molecule has 0 aliphatic carbocycles. The van der Waals surface area contributed by atoms with Crippen molar-refractivity contribution in [2.24, 2.45) is 11.5 Å². The third-order valence-corrected chi connectivity index (χ3v) is 3.96. The number of carbonyl (C=O) groups is 2. The lowest BCUT2D eigenvalue weighted by molar-refractivity contribution is -0.140. The summed E-state index contributed by atoms with van der Waals surface area (Å²) in [5, 5.41) is 0. The van der Waals surface area contributed by atoms with E-state index in [4.69, 9.17) is 20.9 Å². The van der Waals surface area contributed by atoms with Gasteiger partial charge in [-0.1, -0.05) is 52.3 Å². The molecule has 1 aromatic rings. The molecule has 1 rings (SSSR count). The first-order valence-corrected chi connectivity index (χ1v) is 8.79. The van der Waals surface area contributed by atoms with Crippen LogP contribution in [-0.2, 0) is 9.53 Å². The summed E-state index contributed by atoms with van der Waals surface area (Å²) in [6.07, 6.45) is 0.845. The molecular weight excluding hydrogens is 320 g/mol. The first kappa shape index (κ1) is 21.1. The number of benzene rings is 1. The fourth-order valence-electron chi connectivity index (χ4n) is 2.49. The van der Waals surface area contributed by atoms with Crippen molar-refractivity contribution in [1.82, 2.24) is 0 Å². The van der Waals surface area contributed by atoms with Gasteiger partial charge in [-0.2, -0.15) is 0 Å². The Balaban J connectivity index is 2.81. The second kappa shape index (κ2) is 10.2. The van der Waals surface area contributed by atoms with Crippen molar-refractivity contribution in [1.29, 1.82) is 0 Å². The van der Waals surface area contributed by atoms with E-state index < -0.39 is 18.2 Å². The molecule has 0 aliphatic rings. The van der Waals surface area contributed by atoms with E-state index in [1.807, 2.05) is 45.9 Å². The van der Waals surface area contributed by atoms with Crippen LogP contribution in [0.1, 0.15) is 69.9 Å². The molecule has 0 saturated heterocycles. The van der Waals surface area contributed by atoms with E-state index in [0.29, 0.717) is 25.1 Å². The molecule has 0 radical (unpaired) electrons. The molecule has 0 fully saturated rings. The van der Waals surface area contributed by atoms with Crippen LogP contribution < -0.4 is 16.2 Å². The highest BCUT2D eigenvalue weighted by Crippen LogP contribution is 2.34. The Hall–Kier alpha value is -1.92. The Morgan fingerprint density at radius 2 is 1.60 bits per heavy atom. The fourth-order valence-corrected chi connectivity index (χ4v) is 2.49. The summed E-state index contributed by atoms with van der Waals surface area (Å²) in [7, 11) is 0. The molecule has 25 heavy (non-hydrogen) atoms. The molecule has 6 heteroatoms. The van der Waals surface area contributed by atoms with Gasteiger partial charge < -0.3 is 20.9 Å². The smallest absolute Gasteiger partial charge is 0.394 e. The highest BCUT2D eigenvalue weighted by molar-refractivity contribution is 5.86. The van der Waals surface area contributed by atoms with Gasteiger partial charge in [0.15, 0.2) is 0 Å². The first-order chi connectivity index (χ1) is 11.8. The van der Waals surface area contributed by atoms with Crippen molar-refractivity contribution < 1.29 is 19.1 Å². The van der Waals surface area contributed by atoms with Gasteiger partial charge >= 0.3 is 12.1 Å². The summed E-state index contributed by atoms with van der Waals surface area (Å²) >= 11 is 0. The topological polar surface area (TPSA) is 105 Å². The van der Waals surface area contributed by atoms with Crippen LogP contribution in [0.15, 0.2) is 18.2 Å². The largest absolute Gasteiger partial charge is 0.521 e. The van der Waals surface area contributed by atoms with Crippen LogP contribution in [0.2, 0.25) is 0 Å². The number of ether oxygens (including phenoxy) is 2. The number of carbonyl (C=O) groups excluding carboxylic acids is 2. The molecule has 6 nitrogen and oxygen atoms in total. The predicted molar refractivity (Wildman–Crippen MR) is 97.6 cm³/mol. The number of unbranched alkanes of at least 4 members (excludes halogenated alkanes) is 1. The molecule has 0 heterocycles. The zero-order valence-electron chi connectivity index (χ0n) is 15.6. The Bertz CT molecular complexity index is 559. The van der Waals surface area contributed by atoms with E-state index >= 15 is 0 Å². The highest BCUT2D eigenvalue weighted by Gasteiger charge is 2.23. The highest BCUT2D eigenvalue weighted by atomic mass is 16.7. The lowest BCUT2D eigenvalue weighted by Gasteiger charge is -2.18. The summed E-state index contributed by atoms with van der Waals surface area (Å²) in [6, 6.07) is 4.88. The van der Waals surface area contributed by atoms with Gasteiger partial charge in [0.25, 0.3) is 0 Å². The van der Waals surface area contributed by atoms with Crippen LogP contribution >= 0.6 is 0 Å². The van der Waals surface area contributed by atoms with Gasteiger partial charge in [-0.25, -0.2) is 9.59 Å². The van der Waals surface area contributed by atoms with Gasteiger partial charge in [-0.05, 0) is 42.3 Å². The maximum atomic E-state index is 12.1. The molecule has 140 valence electrons. The molecule has 4 N–H and O–H groups in total. The van der Waals surface area contributed by atoms with Crippen molar-refractivity contribution in [3.8, 4) is 5.75 Å². The van der Waals surface area contributed by atoms with E-state index in [1.165, 1.54) is 0 Å². The van der Waals surface area contributed by atoms with Gasteiger partial charge in [0.2, 0.25) is 0 Å². The minimum absolute atomic E-state index is 0.163. The second-order valence-electron chi connectivity index (χ2n) is 6.74. The Morgan fingerprint density at radius 1 is 1.04 bits per heavy atom. The molecule has 0 bridgehead atoms. The summed E-state index contributed by atoms with van der Waals surface area (Å²) < 4.78 is 10.1. The SMILES string of the molecule is CC(C)c1cccc(C(C)C)c1OC(=O)OC(=O)[C@@H](N)CCCCN. The van der Waals surface area contributed by atoms with Crippen molar-refractivity contribution in [2.45, 2.75) is 64.8 Å². The van der Waals surface area contributed by atoms with E-state index in [-0.39, 0.29) is 11.8 Å². The zero-order chi connectivity index (χ0) is 19.0. The van der Waals surface area contributed by atoms with Crippen LogP contribution in [-0.4, -0.2) is 24.7 Å². The number of rotatable bonds is 8. The molecule has 0 saturated carbocycles. The molecular formula is C19H30N2O4. The molecule has 0 aliphatic heterocycles. The molecule has 0 unspecified atom stereocenters. The van der Waals surface area contributed by atoms with Crippen LogP contribution in [0.25, 0.3) is 0 Å². The normalized spacial score (nSPS) is 12.3. The first-order valence-electron chi connectivity index (χ1n) is 8.79. The third kappa shape index (κ3) is 6.48. The van der Waals surface area contributed by atoms with Gasteiger partial charge in [0.1, 0.15) is 11.8 Å². The maximum absolute atomic E-state index is 12.1. The van der Waals surface area contributed by atoms with Gasteiger partial charge in [-0.3, -0.25) is 0 Å².